The van der Waals surface area contributed by atoms with Crippen LogP contribution in [-0.4, -0.2) is 5.54 Å². The molecular formula is C9H15ClN2. The Kier molecular flexibility index (Phi) is 2.65. The third-order valence-corrected chi connectivity index (χ3v) is 3.44. The van der Waals surface area contributed by atoms with Gasteiger partial charge in [0.15, 0.2) is 0 Å². The van der Waals surface area contributed by atoms with Crippen molar-refractivity contribution in [1.29, 1.82) is 5.26 Å². The zero-order valence-electron chi connectivity index (χ0n) is 7.12. The van der Waals surface area contributed by atoms with Crippen LogP contribution in [0.3, 0.4) is 0 Å². The maximum absolute atomic E-state index is 8.90. The second kappa shape index (κ2) is 3.24. The second-order valence-electron chi connectivity index (χ2n) is 4.07. The van der Waals surface area contributed by atoms with Crippen LogP contribution in [0.2, 0.25) is 0 Å². The fraction of sp³-hybridized carbons (Fsp3) is 0.889. The molecule has 0 saturated heterocycles. The zero-order chi connectivity index (χ0) is 7.90. The lowest BCUT2D eigenvalue weighted by Crippen LogP contribution is -2.46. The monoisotopic (exact) mass is 186 g/mol. The van der Waals surface area contributed by atoms with Crippen molar-refractivity contribution in [2.45, 2.75) is 37.6 Å². The van der Waals surface area contributed by atoms with E-state index in [1.54, 1.807) is 0 Å². The highest BCUT2D eigenvalue weighted by Crippen LogP contribution is 2.45. The van der Waals surface area contributed by atoms with Crippen molar-refractivity contribution in [3.05, 3.63) is 0 Å². The number of hydrogen-bond donors (Lipinski definition) is 1. The molecule has 0 aromatic carbocycles. The van der Waals surface area contributed by atoms with Gasteiger partial charge in [0.25, 0.3) is 0 Å². The van der Waals surface area contributed by atoms with E-state index < -0.39 is 5.54 Å². The molecule has 0 aromatic heterocycles. The smallest absolute Gasteiger partial charge is 0.107 e. The molecule has 0 aliphatic heterocycles. The first kappa shape index (κ1) is 9.83. The second-order valence-corrected chi connectivity index (χ2v) is 4.07. The van der Waals surface area contributed by atoms with E-state index >= 15 is 0 Å². The number of fused-ring (bicyclic) bond motifs is 2. The minimum atomic E-state index is -0.465. The van der Waals surface area contributed by atoms with E-state index in [-0.39, 0.29) is 12.4 Å². The van der Waals surface area contributed by atoms with E-state index in [4.69, 9.17) is 11.0 Å². The van der Waals surface area contributed by atoms with Crippen molar-refractivity contribution in [3.8, 4) is 6.07 Å². The molecular weight excluding hydrogens is 172 g/mol. The van der Waals surface area contributed by atoms with Crippen LogP contribution in [0.25, 0.3) is 0 Å². The summed E-state index contributed by atoms with van der Waals surface area (Å²) in [5.41, 5.74) is 5.51. The standard InChI is InChI=1S/C9H14N2.ClH/c10-6-9(11)4-3-7-1-2-8(9)5-7;/h7-8H,1-5,11H2;1H. The summed E-state index contributed by atoms with van der Waals surface area (Å²) in [5.74, 6) is 1.40. The van der Waals surface area contributed by atoms with Crippen molar-refractivity contribution in [2.24, 2.45) is 17.6 Å². The van der Waals surface area contributed by atoms with Gasteiger partial charge >= 0.3 is 0 Å². The number of rotatable bonds is 0. The molecule has 3 atom stereocenters. The first-order valence-electron chi connectivity index (χ1n) is 4.45. The fourth-order valence-electron chi connectivity index (χ4n) is 2.60. The molecule has 3 unspecified atom stereocenters. The van der Waals surface area contributed by atoms with Gasteiger partial charge < -0.3 is 5.73 Å². The number of hydrogen-bond acceptors (Lipinski definition) is 2. The molecule has 2 aliphatic carbocycles. The quantitative estimate of drug-likeness (QED) is 0.628. The van der Waals surface area contributed by atoms with E-state index in [1.807, 2.05) is 0 Å². The topological polar surface area (TPSA) is 49.8 Å². The Morgan fingerprint density at radius 2 is 2.08 bits per heavy atom. The van der Waals surface area contributed by atoms with Crippen LogP contribution in [0.1, 0.15) is 32.1 Å². The van der Waals surface area contributed by atoms with Crippen molar-refractivity contribution in [2.75, 3.05) is 0 Å². The Labute approximate surface area is 79.5 Å². The molecule has 2 aliphatic rings. The van der Waals surface area contributed by atoms with Crippen LogP contribution in [0.4, 0.5) is 0 Å². The first-order valence-corrected chi connectivity index (χ1v) is 4.45. The maximum atomic E-state index is 8.90. The minimum absolute atomic E-state index is 0. The molecule has 3 heteroatoms. The predicted molar refractivity (Wildman–Crippen MR) is 49.8 cm³/mol. The molecule has 2 fully saturated rings. The Bertz CT molecular complexity index is 211. The molecule has 0 aromatic rings. The Hall–Kier alpha value is -0.260. The van der Waals surface area contributed by atoms with Crippen molar-refractivity contribution in [3.63, 3.8) is 0 Å². The lowest BCUT2D eigenvalue weighted by Gasteiger charge is -2.32. The van der Waals surface area contributed by atoms with Gasteiger partial charge in [-0.05, 0) is 37.5 Å². The molecule has 0 heterocycles. The normalized spacial score (nSPS) is 44.7. The summed E-state index contributed by atoms with van der Waals surface area (Å²) in [6.45, 7) is 0. The number of nitrogens with zero attached hydrogens (tertiary/aromatic N) is 1. The Morgan fingerprint density at radius 3 is 2.75 bits per heavy atom. The van der Waals surface area contributed by atoms with Gasteiger partial charge in [0.2, 0.25) is 0 Å². The van der Waals surface area contributed by atoms with E-state index in [0.29, 0.717) is 5.92 Å². The highest BCUT2D eigenvalue weighted by Gasteiger charge is 2.44. The Morgan fingerprint density at radius 1 is 1.33 bits per heavy atom. The molecule has 68 valence electrons. The molecule has 0 amide bonds. The molecule has 2 N–H and O–H groups in total. The van der Waals surface area contributed by atoms with Gasteiger partial charge in [-0.1, -0.05) is 6.42 Å². The van der Waals surface area contributed by atoms with Crippen molar-refractivity contribution >= 4 is 12.4 Å². The van der Waals surface area contributed by atoms with Gasteiger partial charge in [-0.25, -0.2) is 0 Å². The van der Waals surface area contributed by atoms with E-state index in [9.17, 15) is 0 Å². The number of halogens is 1. The van der Waals surface area contributed by atoms with Crippen molar-refractivity contribution in [1.82, 2.24) is 0 Å². The Balaban J connectivity index is 0.000000720. The van der Waals surface area contributed by atoms with Crippen LogP contribution in [0, 0.1) is 23.2 Å². The molecule has 0 spiro atoms. The fourth-order valence-corrected chi connectivity index (χ4v) is 2.60. The average molecular weight is 187 g/mol. The largest absolute Gasteiger partial charge is 0.313 e. The summed E-state index contributed by atoms with van der Waals surface area (Å²) in [5, 5.41) is 8.90. The number of nitriles is 1. The van der Waals surface area contributed by atoms with Gasteiger partial charge in [-0.3, -0.25) is 0 Å². The average Bonchev–Trinajstić information content (AvgIpc) is 2.44. The third-order valence-electron chi connectivity index (χ3n) is 3.44. The highest BCUT2D eigenvalue weighted by molar-refractivity contribution is 5.85. The van der Waals surface area contributed by atoms with Crippen LogP contribution >= 0.6 is 12.4 Å². The summed E-state index contributed by atoms with van der Waals surface area (Å²) in [7, 11) is 0. The van der Waals surface area contributed by atoms with E-state index in [1.165, 1.54) is 25.7 Å². The van der Waals surface area contributed by atoms with Gasteiger partial charge in [0.1, 0.15) is 5.54 Å². The summed E-state index contributed by atoms with van der Waals surface area (Å²) >= 11 is 0. The van der Waals surface area contributed by atoms with Gasteiger partial charge in [-0.2, -0.15) is 5.26 Å². The lowest BCUT2D eigenvalue weighted by molar-refractivity contribution is 0.254. The van der Waals surface area contributed by atoms with Gasteiger partial charge in [-0.15, -0.1) is 12.4 Å². The van der Waals surface area contributed by atoms with Crippen LogP contribution in [0.15, 0.2) is 0 Å². The molecule has 2 bridgehead atoms. The molecule has 2 saturated carbocycles. The summed E-state index contributed by atoms with van der Waals surface area (Å²) in [4.78, 5) is 0. The molecule has 2 nitrogen and oxygen atoms in total. The van der Waals surface area contributed by atoms with E-state index in [2.05, 4.69) is 6.07 Å². The lowest BCUT2D eigenvalue weighted by atomic mass is 9.75. The molecule has 0 radical (unpaired) electrons. The predicted octanol–water partition coefficient (Wildman–Crippen LogP) is 1.84. The minimum Gasteiger partial charge on any atom is -0.313 e. The highest BCUT2D eigenvalue weighted by atomic mass is 35.5. The third kappa shape index (κ3) is 1.32. The van der Waals surface area contributed by atoms with Crippen LogP contribution in [0.5, 0.6) is 0 Å². The van der Waals surface area contributed by atoms with Crippen LogP contribution in [-0.2, 0) is 0 Å². The number of nitrogens with two attached hydrogens (primary N) is 1. The van der Waals surface area contributed by atoms with Crippen molar-refractivity contribution < 1.29 is 0 Å². The maximum Gasteiger partial charge on any atom is 0.107 e. The SMILES string of the molecule is Cl.N#CC1(N)CCC2CCC1C2. The van der Waals surface area contributed by atoms with E-state index in [0.717, 1.165) is 12.3 Å². The zero-order valence-corrected chi connectivity index (χ0v) is 7.94. The molecule has 2 rings (SSSR count). The summed E-state index contributed by atoms with van der Waals surface area (Å²) in [6.07, 6.45) is 5.82. The van der Waals surface area contributed by atoms with Gasteiger partial charge in [0.05, 0.1) is 6.07 Å². The first-order chi connectivity index (χ1) is 5.24. The van der Waals surface area contributed by atoms with Gasteiger partial charge in [0, 0.05) is 0 Å². The van der Waals surface area contributed by atoms with Crippen LogP contribution < -0.4 is 5.73 Å². The summed E-state index contributed by atoms with van der Waals surface area (Å²) < 4.78 is 0. The molecule has 12 heavy (non-hydrogen) atoms. The summed E-state index contributed by atoms with van der Waals surface area (Å²) in [6, 6.07) is 2.29.